The van der Waals surface area contributed by atoms with Crippen molar-refractivity contribution in [3.05, 3.63) is 42.7 Å². The number of hydrogen-bond donors (Lipinski definition) is 1. The Kier molecular flexibility index (Phi) is 4.09. The molecule has 1 fully saturated rings. The minimum Gasteiger partial charge on any atom is -0.469 e. The maximum absolute atomic E-state index is 11.6. The molecule has 25 heavy (non-hydrogen) atoms. The maximum atomic E-state index is 11.6. The zero-order valence-corrected chi connectivity index (χ0v) is 14.1. The van der Waals surface area contributed by atoms with Crippen LogP contribution in [0.5, 0.6) is 0 Å². The molecule has 1 saturated heterocycles. The molecule has 1 aliphatic heterocycles. The van der Waals surface area contributed by atoms with Crippen LogP contribution in [0.25, 0.3) is 22.0 Å². The smallest absolute Gasteiger partial charge is 0.308 e. The molecule has 1 aliphatic rings. The molecule has 0 spiro atoms. The molecule has 3 heterocycles. The lowest BCUT2D eigenvalue weighted by molar-refractivity contribution is -0.146. The lowest BCUT2D eigenvalue weighted by Crippen LogP contribution is -2.37. The van der Waals surface area contributed by atoms with Crippen LogP contribution in [0, 0.1) is 5.92 Å². The van der Waals surface area contributed by atoms with Gasteiger partial charge >= 0.3 is 5.97 Å². The number of hydrogen-bond acceptors (Lipinski definition) is 5. The van der Waals surface area contributed by atoms with E-state index in [2.05, 4.69) is 32.2 Å². The first-order valence-corrected chi connectivity index (χ1v) is 8.47. The van der Waals surface area contributed by atoms with Crippen LogP contribution in [-0.4, -0.2) is 41.3 Å². The van der Waals surface area contributed by atoms with Gasteiger partial charge in [-0.2, -0.15) is 5.10 Å². The second-order valence-corrected chi connectivity index (χ2v) is 6.33. The maximum Gasteiger partial charge on any atom is 0.308 e. The number of nitrogens with one attached hydrogen (secondary N) is 1. The SMILES string of the molecule is COC(=O)C1CCN(c2ccc(-c3cccc4[nH]ncc34)cn2)CC1. The molecule has 0 aliphatic carbocycles. The van der Waals surface area contributed by atoms with Gasteiger partial charge in [-0.1, -0.05) is 12.1 Å². The summed E-state index contributed by atoms with van der Waals surface area (Å²) in [5, 5.41) is 8.20. The molecular formula is C19H20N4O2. The monoisotopic (exact) mass is 336 g/mol. The number of aromatic nitrogens is 3. The summed E-state index contributed by atoms with van der Waals surface area (Å²) < 4.78 is 4.84. The van der Waals surface area contributed by atoms with Crippen LogP contribution < -0.4 is 4.90 Å². The molecule has 3 aromatic rings. The van der Waals surface area contributed by atoms with Gasteiger partial charge in [0.25, 0.3) is 0 Å². The lowest BCUT2D eigenvalue weighted by Gasteiger charge is -2.31. The van der Waals surface area contributed by atoms with Crippen LogP contribution in [0.15, 0.2) is 42.7 Å². The number of fused-ring (bicyclic) bond motifs is 1. The third kappa shape index (κ3) is 2.95. The minimum absolute atomic E-state index is 0.0132. The Morgan fingerprint density at radius 3 is 2.76 bits per heavy atom. The number of aromatic amines is 1. The van der Waals surface area contributed by atoms with Gasteiger partial charge in [0.05, 0.1) is 24.7 Å². The summed E-state index contributed by atoms with van der Waals surface area (Å²) in [6.07, 6.45) is 5.37. The zero-order chi connectivity index (χ0) is 17.2. The van der Waals surface area contributed by atoms with Crippen LogP contribution in [-0.2, 0) is 9.53 Å². The number of methoxy groups -OCH3 is 1. The van der Waals surface area contributed by atoms with Gasteiger partial charge in [0, 0.05) is 30.2 Å². The van der Waals surface area contributed by atoms with Gasteiger partial charge in [-0.25, -0.2) is 4.98 Å². The standard InChI is InChI=1S/C19H20N4O2/c1-25-19(24)13-7-9-23(10-8-13)18-6-5-14(11-20-18)15-3-2-4-17-16(15)12-21-22-17/h2-6,11-13H,7-10H2,1H3,(H,21,22). The summed E-state index contributed by atoms with van der Waals surface area (Å²) in [7, 11) is 1.45. The van der Waals surface area contributed by atoms with Crippen molar-refractivity contribution in [1.82, 2.24) is 15.2 Å². The molecule has 2 aromatic heterocycles. The average molecular weight is 336 g/mol. The van der Waals surface area contributed by atoms with Gasteiger partial charge in [0.2, 0.25) is 0 Å². The number of rotatable bonds is 3. The number of nitrogens with zero attached hydrogens (tertiary/aromatic N) is 3. The van der Waals surface area contributed by atoms with E-state index in [0.717, 1.165) is 53.8 Å². The summed E-state index contributed by atoms with van der Waals surface area (Å²) in [5.41, 5.74) is 3.21. The topological polar surface area (TPSA) is 71.1 Å². The van der Waals surface area contributed by atoms with Crippen molar-refractivity contribution in [2.24, 2.45) is 5.92 Å². The molecule has 4 rings (SSSR count). The predicted octanol–water partition coefficient (Wildman–Crippen LogP) is 3.01. The number of benzene rings is 1. The van der Waals surface area contributed by atoms with E-state index in [-0.39, 0.29) is 11.9 Å². The third-order valence-electron chi connectivity index (χ3n) is 4.90. The number of piperidine rings is 1. The van der Waals surface area contributed by atoms with Crippen LogP contribution >= 0.6 is 0 Å². The van der Waals surface area contributed by atoms with Crippen LogP contribution in [0.4, 0.5) is 5.82 Å². The van der Waals surface area contributed by atoms with E-state index in [1.807, 2.05) is 30.6 Å². The van der Waals surface area contributed by atoms with Crippen LogP contribution in [0.1, 0.15) is 12.8 Å². The first-order valence-electron chi connectivity index (χ1n) is 8.47. The number of anilines is 1. The fourth-order valence-corrected chi connectivity index (χ4v) is 3.46. The summed E-state index contributed by atoms with van der Waals surface area (Å²) in [6, 6.07) is 10.3. The van der Waals surface area contributed by atoms with E-state index in [9.17, 15) is 4.79 Å². The van der Waals surface area contributed by atoms with Crippen LogP contribution in [0.3, 0.4) is 0 Å². The Morgan fingerprint density at radius 2 is 2.04 bits per heavy atom. The number of ether oxygens (including phenoxy) is 1. The van der Waals surface area contributed by atoms with Crippen molar-refractivity contribution < 1.29 is 9.53 Å². The first-order chi connectivity index (χ1) is 12.3. The molecule has 0 saturated carbocycles. The molecule has 0 atom stereocenters. The van der Waals surface area contributed by atoms with Gasteiger partial charge in [0.15, 0.2) is 0 Å². The largest absolute Gasteiger partial charge is 0.469 e. The fraction of sp³-hybridized carbons (Fsp3) is 0.316. The van der Waals surface area contributed by atoms with Crippen LogP contribution in [0.2, 0.25) is 0 Å². The highest BCUT2D eigenvalue weighted by molar-refractivity contribution is 5.94. The summed E-state index contributed by atoms with van der Waals surface area (Å²) in [6.45, 7) is 1.65. The first kappa shape index (κ1) is 15.6. The quantitative estimate of drug-likeness (QED) is 0.745. The third-order valence-corrected chi connectivity index (χ3v) is 4.90. The molecule has 1 N–H and O–H groups in total. The molecule has 0 unspecified atom stereocenters. The lowest BCUT2D eigenvalue weighted by atomic mass is 9.97. The Labute approximate surface area is 145 Å². The van der Waals surface area contributed by atoms with Crippen molar-refractivity contribution in [2.45, 2.75) is 12.8 Å². The van der Waals surface area contributed by atoms with Gasteiger partial charge < -0.3 is 9.64 Å². The molecule has 128 valence electrons. The van der Waals surface area contributed by atoms with Crippen molar-refractivity contribution in [1.29, 1.82) is 0 Å². The van der Waals surface area contributed by atoms with Crippen molar-refractivity contribution >= 4 is 22.7 Å². The molecule has 6 heteroatoms. The van der Waals surface area contributed by atoms with Gasteiger partial charge in [-0.15, -0.1) is 0 Å². The molecule has 1 aromatic carbocycles. The number of pyridine rings is 1. The highest BCUT2D eigenvalue weighted by Crippen LogP contribution is 2.29. The van der Waals surface area contributed by atoms with Gasteiger partial charge in [0.1, 0.15) is 5.82 Å². The summed E-state index contributed by atoms with van der Waals surface area (Å²) in [4.78, 5) is 18.5. The van der Waals surface area contributed by atoms with E-state index in [1.165, 1.54) is 7.11 Å². The average Bonchev–Trinajstić information content (AvgIpc) is 3.16. The predicted molar refractivity (Wildman–Crippen MR) is 96.3 cm³/mol. The number of carbonyl (C=O) groups excluding carboxylic acids is 1. The van der Waals surface area contributed by atoms with E-state index in [1.54, 1.807) is 0 Å². The highest BCUT2D eigenvalue weighted by Gasteiger charge is 2.26. The normalized spacial score (nSPS) is 15.5. The second kappa shape index (κ2) is 6.55. The van der Waals surface area contributed by atoms with E-state index in [0.29, 0.717) is 0 Å². The van der Waals surface area contributed by atoms with Gasteiger partial charge in [-0.3, -0.25) is 9.89 Å². The zero-order valence-electron chi connectivity index (χ0n) is 14.1. The second-order valence-electron chi connectivity index (χ2n) is 6.33. The molecular weight excluding hydrogens is 316 g/mol. The molecule has 0 amide bonds. The Balaban J connectivity index is 1.51. The summed E-state index contributed by atoms with van der Waals surface area (Å²) in [5.74, 6) is 0.863. The minimum atomic E-state index is -0.101. The van der Waals surface area contributed by atoms with Gasteiger partial charge in [-0.05, 0) is 36.6 Å². The number of H-pyrrole nitrogens is 1. The van der Waals surface area contributed by atoms with E-state index < -0.39 is 0 Å². The van der Waals surface area contributed by atoms with Crippen molar-refractivity contribution in [2.75, 3.05) is 25.1 Å². The highest BCUT2D eigenvalue weighted by atomic mass is 16.5. The number of carbonyl (C=O) groups is 1. The summed E-state index contributed by atoms with van der Waals surface area (Å²) >= 11 is 0. The molecule has 6 nitrogen and oxygen atoms in total. The van der Waals surface area contributed by atoms with E-state index in [4.69, 9.17) is 4.74 Å². The fourth-order valence-electron chi connectivity index (χ4n) is 3.46. The molecule has 0 radical (unpaired) electrons. The Hall–Kier alpha value is -2.89. The Bertz CT molecular complexity index is 880. The van der Waals surface area contributed by atoms with Crippen molar-refractivity contribution in [3.8, 4) is 11.1 Å². The number of esters is 1. The molecule has 0 bridgehead atoms. The Morgan fingerprint density at radius 1 is 1.20 bits per heavy atom. The van der Waals surface area contributed by atoms with Crippen molar-refractivity contribution in [3.63, 3.8) is 0 Å². The van der Waals surface area contributed by atoms with E-state index >= 15 is 0 Å².